The molecule has 0 N–H and O–H groups in total. The van der Waals surface area contributed by atoms with Crippen molar-refractivity contribution in [1.29, 1.82) is 0 Å². The fourth-order valence-electron chi connectivity index (χ4n) is 0.819. The van der Waals surface area contributed by atoms with Gasteiger partial charge in [0.25, 0.3) is 0 Å². The lowest BCUT2D eigenvalue weighted by Gasteiger charge is -2.19. The van der Waals surface area contributed by atoms with E-state index in [-0.39, 0.29) is 0 Å². The molecule has 0 aliphatic carbocycles. The first-order valence-corrected chi connectivity index (χ1v) is 5.32. The van der Waals surface area contributed by atoms with Gasteiger partial charge in [-0.05, 0) is 12.2 Å². The Bertz CT molecular complexity index is 68.7. The fourth-order valence-corrected chi connectivity index (χ4v) is 3.56. The van der Waals surface area contributed by atoms with Crippen molar-refractivity contribution >= 4 is 23.5 Å². The van der Waals surface area contributed by atoms with Crippen LogP contribution in [-0.2, 0) is 4.74 Å². The summed E-state index contributed by atoms with van der Waals surface area (Å²) < 4.78 is 5.05. The molecule has 0 aromatic heterocycles. The number of hydrogen-bond acceptors (Lipinski definition) is 3. The summed E-state index contributed by atoms with van der Waals surface area (Å²) in [5, 5.41) is 2.03. The first-order chi connectivity index (χ1) is 4.43. The van der Waals surface area contributed by atoms with Crippen molar-refractivity contribution in [2.45, 2.75) is 11.7 Å². The molecule has 1 fully saturated rings. The molecule has 0 aromatic carbocycles. The molecule has 0 amide bonds. The highest BCUT2D eigenvalue weighted by Gasteiger charge is 2.12. The van der Waals surface area contributed by atoms with Crippen LogP contribution in [0.3, 0.4) is 0 Å². The van der Waals surface area contributed by atoms with Crippen molar-refractivity contribution in [2.75, 3.05) is 24.6 Å². The summed E-state index contributed by atoms with van der Waals surface area (Å²) in [5.74, 6) is 1.32. The number of methoxy groups -OCH3 is 1. The Hall–Kier alpha value is 0.660. The molecule has 1 heterocycles. The monoisotopic (exact) mass is 164 g/mol. The molecule has 0 spiro atoms. The Morgan fingerprint density at radius 3 is 3.11 bits per heavy atom. The van der Waals surface area contributed by atoms with Crippen LogP contribution >= 0.6 is 23.5 Å². The summed E-state index contributed by atoms with van der Waals surface area (Å²) in [6.45, 7) is 0.936. The zero-order valence-corrected chi connectivity index (χ0v) is 7.26. The minimum absolute atomic E-state index is 0.774. The van der Waals surface area contributed by atoms with Crippen LogP contribution in [0.15, 0.2) is 0 Å². The molecule has 1 nitrogen and oxygen atoms in total. The molecule has 1 unspecified atom stereocenters. The van der Waals surface area contributed by atoms with Gasteiger partial charge in [-0.1, -0.05) is 0 Å². The van der Waals surface area contributed by atoms with Crippen molar-refractivity contribution in [3.8, 4) is 0 Å². The second-order valence-corrected chi connectivity index (χ2v) is 4.82. The number of rotatable bonds is 2. The third kappa shape index (κ3) is 2.83. The molecular formula is C6H12OS2. The van der Waals surface area contributed by atoms with E-state index in [1.807, 2.05) is 23.5 Å². The van der Waals surface area contributed by atoms with Gasteiger partial charge in [0.15, 0.2) is 0 Å². The van der Waals surface area contributed by atoms with Crippen LogP contribution in [0.2, 0.25) is 0 Å². The zero-order valence-electron chi connectivity index (χ0n) is 5.63. The van der Waals surface area contributed by atoms with E-state index in [9.17, 15) is 0 Å². The summed E-state index contributed by atoms with van der Waals surface area (Å²) in [6, 6.07) is 0. The second kappa shape index (κ2) is 4.47. The Morgan fingerprint density at radius 2 is 2.56 bits per heavy atom. The quantitative estimate of drug-likeness (QED) is 0.616. The first kappa shape index (κ1) is 7.76. The average molecular weight is 164 g/mol. The van der Waals surface area contributed by atoms with E-state index in [4.69, 9.17) is 4.74 Å². The first-order valence-electron chi connectivity index (χ1n) is 3.12. The lowest BCUT2D eigenvalue weighted by atomic mass is 10.3. The average Bonchev–Trinajstić information content (AvgIpc) is 1.91. The molecular weight excluding hydrogens is 152 g/mol. The van der Waals surface area contributed by atoms with Crippen molar-refractivity contribution < 1.29 is 4.74 Å². The predicted molar refractivity (Wildman–Crippen MR) is 45.2 cm³/mol. The predicted octanol–water partition coefficient (Wildman–Crippen LogP) is 1.83. The van der Waals surface area contributed by atoms with E-state index in [0.717, 1.165) is 11.9 Å². The van der Waals surface area contributed by atoms with Gasteiger partial charge in [-0.3, -0.25) is 0 Å². The van der Waals surface area contributed by atoms with Gasteiger partial charge in [-0.25, -0.2) is 0 Å². The minimum atomic E-state index is 0.774. The lowest BCUT2D eigenvalue weighted by molar-refractivity contribution is 0.198. The molecule has 1 aliphatic rings. The van der Waals surface area contributed by atoms with E-state index in [0.29, 0.717) is 0 Å². The lowest BCUT2D eigenvalue weighted by Crippen LogP contribution is -2.15. The van der Waals surface area contributed by atoms with Gasteiger partial charge in [0.05, 0.1) is 6.61 Å². The topological polar surface area (TPSA) is 9.23 Å². The zero-order chi connectivity index (χ0) is 6.53. The molecule has 9 heavy (non-hydrogen) atoms. The fraction of sp³-hybridized carbons (Fsp3) is 1.00. The summed E-state index contributed by atoms with van der Waals surface area (Å²) in [7, 11) is 1.78. The van der Waals surface area contributed by atoms with Gasteiger partial charge in [0.1, 0.15) is 0 Å². The SMILES string of the molecule is COCC1CCSCS1. The second-order valence-electron chi connectivity index (χ2n) is 2.06. The number of ether oxygens (including phenoxy) is 1. The molecule has 54 valence electrons. The molecule has 1 saturated heterocycles. The molecule has 3 heteroatoms. The summed E-state index contributed by atoms with van der Waals surface area (Å²) in [4.78, 5) is 0. The summed E-state index contributed by atoms with van der Waals surface area (Å²) >= 11 is 4.06. The van der Waals surface area contributed by atoms with Crippen LogP contribution in [0.4, 0.5) is 0 Å². The number of thioether (sulfide) groups is 2. The molecule has 0 aromatic rings. The Labute approximate surface area is 64.9 Å². The maximum Gasteiger partial charge on any atom is 0.0581 e. The molecule has 0 radical (unpaired) electrons. The standard InChI is InChI=1S/C6H12OS2/c1-7-4-6-2-3-8-5-9-6/h6H,2-5H2,1H3. The van der Waals surface area contributed by atoms with Crippen molar-refractivity contribution in [3.63, 3.8) is 0 Å². The van der Waals surface area contributed by atoms with E-state index in [2.05, 4.69) is 0 Å². The third-order valence-electron chi connectivity index (χ3n) is 1.32. The normalized spacial score (nSPS) is 28.3. The summed E-state index contributed by atoms with van der Waals surface area (Å²) in [6.07, 6.45) is 1.32. The minimum Gasteiger partial charge on any atom is -0.384 e. The van der Waals surface area contributed by atoms with Crippen molar-refractivity contribution in [2.24, 2.45) is 0 Å². The maximum absolute atomic E-state index is 5.05. The number of hydrogen-bond donors (Lipinski definition) is 0. The van der Waals surface area contributed by atoms with Crippen LogP contribution in [0.5, 0.6) is 0 Å². The highest BCUT2D eigenvalue weighted by Crippen LogP contribution is 2.27. The molecule has 0 saturated carbocycles. The van der Waals surface area contributed by atoms with Crippen LogP contribution in [0.1, 0.15) is 6.42 Å². The Balaban J connectivity index is 2.08. The largest absolute Gasteiger partial charge is 0.384 e. The molecule has 1 rings (SSSR count). The van der Waals surface area contributed by atoms with E-state index >= 15 is 0 Å². The van der Waals surface area contributed by atoms with Gasteiger partial charge >= 0.3 is 0 Å². The Morgan fingerprint density at radius 1 is 1.67 bits per heavy atom. The highest BCUT2D eigenvalue weighted by atomic mass is 32.2. The molecule has 0 bridgehead atoms. The van der Waals surface area contributed by atoms with Crippen molar-refractivity contribution in [3.05, 3.63) is 0 Å². The van der Waals surface area contributed by atoms with Gasteiger partial charge in [0, 0.05) is 17.4 Å². The van der Waals surface area contributed by atoms with Crippen LogP contribution in [0.25, 0.3) is 0 Å². The third-order valence-corrected chi connectivity index (χ3v) is 3.90. The van der Waals surface area contributed by atoms with Crippen LogP contribution in [-0.4, -0.2) is 29.8 Å². The van der Waals surface area contributed by atoms with Gasteiger partial charge in [-0.15, -0.1) is 11.8 Å². The van der Waals surface area contributed by atoms with Crippen LogP contribution < -0.4 is 0 Å². The van der Waals surface area contributed by atoms with Gasteiger partial charge < -0.3 is 4.74 Å². The van der Waals surface area contributed by atoms with Gasteiger partial charge in [-0.2, -0.15) is 11.8 Å². The Kier molecular flexibility index (Phi) is 3.86. The van der Waals surface area contributed by atoms with Gasteiger partial charge in [0.2, 0.25) is 0 Å². The highest BCUT2D eigenvalue weighted by molar-refractivity contribution is 8.16. The van der Waals surface area contributed by atoms with E-state index < -0.39 is 0 Å². The molecule has 1 aliphatic heterocycles. The van der Waals surface area contributed by atoms with Crippen LogP contribution in [0, 0.1) is 0 Å². The van der Waals surface area contributed by atoms with E-state index in [1.54, 1.807) is 7.11 Å². The van der Waals surface area contributed by atoms with E-state index in [1.165, 1.54) is 17.3 Å². The maximum atomic E-state index is 5.05. The molecule has 1 atom stereocenters. The summed E-state index contributed by atoms with van der Waals surface area (Å²) in [5.41, 5.74) is 0. The van der Waals surface area contributed by atoms with Crippen molar-refractivity contribution in [1.82, 2.24) is 0 Å². The smallest absolute Gasteiger partial charge is 0.0581 e.